The van der Waals surface area contributed by atoms with Crippen molar-refractivity contribution in [2.75, 3.05) is 19.5 Å². The molecule has 1 unspecified atom stereocenters. The molecule has 2 N–H and O–H groups in total. The Hall–Kier alpha value is -1.88. The van der Waals surface area contributed by atoms with E-state index in [1.807, 2.05) is 25.1 Å². The number of aromatic nitrogens is 2. The van der Waals surface area contributed by atoms with Gasteiger partial charge >= 0.3 is 0 Å². The lowest BCUT2D eigenvalue weighted by Gasteiger charge is -2.19. The van der Waals surface area contributed by atoms with Gasteiger partial charge in [-0.3, -0.25) is 0 Å². The first-order chi connectivity index (χ1) is 9.69. The van der Waals surface area contributed by atoms with Crippen LogP contribution in [0.1, 0.15) is 18.7 Å². The van der Waals surface area contributed by atoms with E-state index in [0.29, 0.717) is 24.2 Å². The number of nitrogen functional groups attached to an aromatic ring is 1. The van der Waals surface area contributed by atoms with Crippen LogP contribution in [-0.2, 0) is 4.74 Å². The van der Waals surface area contributed by atoms with Gasteiger partial charge in [0.2, 0.25) is 0 Å². The van der Waals surface area contributed by atoms with Crippen LogP contribution in [0.3, 0.4) is 0 Å². The molecule has 0 bridgehead atoms. The Bertz CT molecular complexity index is 626. The maximum absolute atomic E-state index is 6.13. The number of anilines is 1. The third kappa shape index (κ3) is 2.54. The Morgan fingerprint density at radius 1 is 1.35 bits per heavy atom. The fourth-order valence-corrected chi connectivity index (χ4v) is 2.46. The van der Waals surface area contributed by atoms with Crippen molar-refractivity contribution in [3.63, 3.8) is 0 Å². The van der Waals surface area contributed by atoms with E-state index >= 15 is 0 Å². The van der Waals surface area contributed by atoms with Crippen LogP contribution in [0.5, 0.6) is 5.75 Å². The Morgan fingerprint density at radius 2 is 2.15 bits per heavy atom. The Balaban J connectivity index is 1.98. The summed E-state index contributed by atoms with van der Waals surface area (Å²) in [7, 11) is 1.70. The first kappa shape index (κ1) is 13.1. The molecular weight excluding hydrogens is 254 g/mol. The lowest BCUT2D eigenvalue weighted by molar-refractivity contribution is 0.0687. The van der Waals surface area contributed by atoms with Gasteiger partial charge in [0.1, 0.15) is 23.5 Å². The molecule has 1 aliphatic carbocycles. The normalized spacial score (nSPS) is 16.3. The van der Waals surface area contributed by atoms with Gasteiger partial charge in [-0.25, -0.2) is 9.97 Å². The van der Waals surface area contributed by atoms with Gasteiger partial charge in [0, 0.05) is 7.11 Å². The van der Waals surface area contributed by atoms with E-state index in [4.69, 9.17) is 15.2 Å². The number of hydrogen-bond acceptors (Lipinski definition) is 5. The third-order valence-electron chi connectivity index (χ3n) is 3.58. The summed E-state index contributed by atoms with van der Waals surface area (Å²) in [6.07, 6.45) is 2.47. The van der Waals surface area contributed by atoms with Crippen molar-refractivity contribution in [1.29, 1.82) is 0 Å². The van der Waals surface area contributed by atoms with Crippen molar-refractivity contribution in [1.82, 2.24) is 9.97 Å². The second-order valence-corrected chi connectivity index (χ2v) is 5.26. The van der Waals surface area contributed by atoms with E-state index in [1.165, 1.54) is 12.8 Å². The molecule has 0 radical (unpaired) electrons. The summed E-state index contributed by atoms with van der Waals surface area (Å²) in [6, 6.07) is 5.78. The third-order valence-corrected chi connectivity index (χ3v) is 3.58. The van der Waals surface area contributed by atoms with Gasteiger partial charge < -0.3 is 15.2 Å². The Labute approximate surface area is 118 Å². The molecule has 1 saturated carbocycles. The van der Waals surface area contributed by atoms with Crippen molar-refractivity contribution < 1.29 is 9.47 Å². The van der Waals surface area contributed by atoms with E-state index in [2.05, 4.69) is 9.97 Å². The molecule has 1 fully saturated rings. The summed E-state index contributed by atoms with van der Waals surface area (Å²) in [4.78, 5) is 8.64. The van der Waals surface area contributed by atoms with Crippen LogP contribution in [0.4, 0.5) is 5.82 Å². The second-order valence-electron chi connectivity index (χ2n) is 5.26. The van der Waals surface area contributed by atoms with Crippen LogP contribution < -0.4 is 10.5 Å². The predicted molar refractivity (Wildman–Crippen MR) is 77.7 cm³/mol. The zero-order valence-corrected chi connectivity index (χ0v) is 11.8. The maximum Gasteiger partial charge on any atom is 0.138 e. The van der Waals surface area contributed by atoms with Crippen LogP contribution in [0.15, 0.2) is 18.2 Å². The molecule has 2 aromatic rings. The molecule has 5 nitrogen and oxygen atoms in total. The van der Waals surface area contributed by atoms with Gasteiger partial charge in [0.25, 0.3) is 0 Å². The van der Waals surface area contributed by atoms with E-state index in [1.54, 1.807) is 7.11 Å². The molecule has 1 aromatic heterocycles. The molecule has 1 aromatic carbocycles. The summed E-state index contributed by atoms with van der Waals surface area (Å²) < 4.78 is 11.4. The number of ether oxygens (including phenoxy) is 2. The van der Waals surface area contributed by atoms with Gasteiger partial charge in [0.15, 0.2) is 0 Å². The molecule has 1 aliphatic rings. The van der Waals surface area contributed by atoms with Gasteiger partial charge in [-0.2, -0.15) is 0 Å². The minimum Gasteiger partial charge on any atom is -0.487 e. The van der Waals surface area contributed by atoms with Crippen LogP contribution in [-0.4, -0.2) is 29.8 Å². The van der Waals surface area contributed by atoms with Gasteiger partial charge in [0.05, 0.1) is 17.5 Å². The summed E-state index contributed by atoms with van der Waals surface area (Å²) in [6.45, 7) is 2.43. The number of methoxy groups -OCH3 is 1. The highest BCUT2D eigenvalue weighted by Crippen LogP contribution is 2.37. The molecule has 0 saturated heterocycles. The highest BCUT2D eigenvalue weighted by molar-refractivity contribution is 5.93. The number of rotatable bonds is 5. The van der Waals surface area contributed by atoms with E-state index in [9.17, 15) is 0 Å². The molecule has 0 spiro atoms. The average molecular weight is 273 g/mol. The minimum absolute atomic E-state index is 0.0753. The number of hydrogen-bond donors (Lipinski definition) is 1. The van der Waals surface area contributed by atoms with E-state index in [-0.39, 0.29) is 6.10 Å². The quantitative estimate of drug-likeness (QED) is 0.905. The summed E-state index contributed by atoms with van der Waals surface area (Å²) >= 11 is 0. The highest BCUT2D eigenvalue weighted by Gasteiger charge is 2.33. The molecule has 20 heavy (non-hydrogen) atoms. The van der Waals surface area contributed by atoms with Crippen molar-refractivity contribution in [2.24, 2.45) is 5.92 Å². The molecule has 0 amide bonds. The minimum atomic E-state index is 0.0753. The van der Waals surface area contributed by atoms with Crippen LogP contribution >= 0.6 is 0 Å². The SMILES string of the molecule is COCC(Oc1cccc2nc(C)nc(N)c12)C1CC1. The molecule has 106 valence electrons. The van der Waals surface area contributed by atoms with Crippen LogP contribution in [0.2, 0.25) is 0 Å². The second kappa shape index (κ2) is 5.25. The van der Waals surface area contributed by atoms with E-state index in [0.717, 1.165) is 16.7 Å². The van der Waals surface area contributed by atoms with Crippen LogP contribution in [0.25, 0.3) is 10.9 Å². The molecule has 3 rings (SSSR count). The molecule has 1 atom stereocenters. The smallest absolute Gasteiger partial charge is 0.138 e. The monoisotopic (exact) mass is 273 g/mol. The number of nitrogens with two attached hydrogens (primary N) is 1. The number of nitrogens with zero attached hydrogens (tertiary/aromatic N) is 2. The summed E-state index contributed by atoms with van der Waals surface area (Å²) in [5, 5.41) is 0.792. The lowest BCUT2D eigenvalue weighted by Crippen LogP contribution is -2.24. The molecule has 0 aliphatic heterocycles. The zero-order valence-electron chi connectivity index (χ0n) is 11.8. The van der Waals surface area contributed by atoms with Crippen molar-refractivity contribution in [2.45, 2.75) is 25.9 Å². The van der Waals surface area contributed by atoms with E-state index < -0.39 is 0 Å². The lowest BCUT2D eigenvalue weighted by atomic mass is 10.2. The fraction of sp³-hybridized carbons (Fsp3) is 0.467. The standard InChI is InChI=1S/C15H19N3O2/c1-9-17-11-4-3-5-12(14(11)15(16)18-9)20-13(8-19-2)10-6-7-10/h3-5,10,13H,6-8H2,1-2H3,(H2,16,17,18). The highest BCUT2D eigenvalue weighted by atomic mass is 16.5. The Kier molecular flexibility index (Phi) is 3.44. The molecular formula is C15H19N3O2. The first-order valence-corrected chi connectivity index (χ1v) is 6.87. The maximum atomic E-state index is 6.13. The fourth-order valence-electron chi connectivity index (χ4n) is 2.46. The largest absolute Gasteiger partial charge is 0.487 e. The van der Waals surface area contributed by atoms with Crippen molar-refractivity contribution in [3.05, 3.63) is 24.0 Å². The first-order valence-electron chi connectivity index (χ1n) is 6.87. The number of benzene rings is 1. The number of fused-ring (bicyclic) bond motifs is 1. The van der Waals surface area contributed by atoms with Gasteiger partial charge in [-0.1, -0.05) is 6.07 Å². The topological polar surface area (TPSA) is 70.3 Å². The number of aryl methyl sites for hydroxylation is 1. The van der Waals surface area contributed by atoms with Crippen molar-refractivity contribution in [3.8, 4) is 5.75 Å². The molecule has 1 heterocycles. The Morgan fingerprint density at radius 3 is 2.85 bits per heavy atom. The molecule has 5 heteroatoms. The van der Waals surface area contributed by atoms with Gasteiger partial charge in [-0.05, 0) is 37.8 Å². The zero-order chi connectivity index (χ0) is 14.1. The predicted octanol–water partition coefficient (Wildman–Crippen LogP) is 2.32. The summed E-state index contributed by atoms with van der Waals surface area (Å²) in [5.41, 5.74) is 6.86. The van der Waals surface area contributed by atoms with Gasteiger partial charge in [-0.15, -0.1) is 0 Å². The van der Waals surface area contributed by atoms with Crippen molar-refractivity contribution >= 4 is 16.7 Å². The average Bonchev–Trinajstić information content (AvgIpc) is 3.21. The summed E-state index contributed by atoms with van der Waals surface area (Å²) in [5.74, 6) is 2.46. The van der Waals surface area contributed by atoms with Crippen LogP contribution in [0, 0.1) is 12.8 Å².